The Hall–Kier alpha value is -3.55. The number of carbonyl (C=O) groups excluding carboxylic acids is 3. The van der Waals surface area contributed by atoms with Crippen LogP contribution in [0, 0.1) is 0 Å². The van der Waals surface area contributed by atoms with Gasteiger partial charge < -0.3 is 24.8 Å². The standard InChI is InChI=1S/C20H22N2O6/c1-3-27-20(25)14-8-4-5-9-15(14)22-18(23)12-21-19(24)13-28-17-11-7-6-10-16(17)26-2/h4-11H,3,12-13H2,1-2H3,(H,21,24)(H,22,23). The molecule has 0 atom stereocenters. The van der Waals surface area contributed by atoms with Crippen LogP contribution in [-0.4, -0.2) is 44.7 Å². The first-order valence-corrected chi connectivity index (χ1v) is 8.63. The van der Waals surface area contributed by atoms with Crippen LogP contribution < -0.4 is 20.1 Å². The Balaban J connectivity index is 1.84. The van der Waals surface area contributed by atoms with Crippen molar-refractivity contribution in [1.29, 1.82) is 0 Å². The highest BCUT2D eigenvalue weighted by molar-refractivity contribution is 6.02. The average molecular weight is 386 g/mol. The second-order valence-corrected chi connectivity index (χ2v) is 5.53. The first-order valence-electron chi connectivity index (χ1n) is 8.63. The Morgan fingerprint density at radius 1 is 0.929 bits per heavy atom. The smallest absolute Gasteiger partial charge is 0.340 e. The van der Waals surface area contributed by atoms with Crippen molar-refractivity contribution in [1.82, 2.24) is 5.32 Å². The van der Waals surface area contributed by atoms with Crippen molar-refractivity contribution in [2.45, 2.75) is 6.92 Å². The maximum atomic E-state index is 12.1. The fourth-order valence-electron chi connectivity index (χ4n) is 2.28. The van der Waals surface area contributed by atoms with Crippen molar-refractivity contribution >= 4 is 23.5 Å². The van der Waals surface area contributed by atoms with Crippen LogP contribution in [-0.2, 0) is 14.3 Å². The van der Waals surface area contributed by atoms with Gasteiger partial charge in [0.1, 0.15) is 0 Å². The molecule has 0 unspecified atom stereocenters. The van der Waals surface area contributed by atoms with E-state index in [0.29, 0.717) is 17.2 Å². The van der Waals surface area contributed by atoms with E-state index in [2.05, 4.69) is 10.6 Å². The third kappa shape index (κ3) is 6.01. The maximum Gasteiger partial charge on any atom is 0.340 e. The molecule has 2 aromatic rings. The van der Waals surface area contributed by atoms with Gasteiger partial charge in [-0.25, -0.2) is 4.79 Å². The topological polar surface area (TPSA) is 103 Å². The summed E-state index contributed by atoms with van der Waals surface area (Å²) < 4.78 is 15.5. The molecule has 2 N–H and O–H groups in total. The van der Waals surface area contributed by atoms with Crippen LogP contribution in [0.25, 0.3) is 0 Å². The molecular weight excluding hydrogens is 364 g/mol. The van der Waals surface area contributed by atoms with Crippen molar-refractivity contribution in [2.24, 2.45) is 0 Å². The zero-order valence-corrected chi connectivity index (χ0v) is 15.7. The summed E-state index contributed by atoms with van der Waals surface area (Å²) in [6.07, 6.45) is 0. The molecule has 0 fully saturated rings. The van der Waals surface area contributed by atoms with E-state index in [0.717, 1.165) is 0 Å². The molecule has 2 rings (SSSR count). The lowest BCUT2D eigenvalue weighted by Crippen LogP contribution is -2.36. The van der Waals surface area contributed by atoms with E-state index in [1.165, 1.54) is 7.11 Å². The number of hydrogen-bond acceptors (Lipinski definition) is 6. The monoisotopic (exact) mass is 386 g/mol. The lowest BCUT2D eigenvalue weighted by atomic mass is 10.2. The number of carbonyl (C=O) groups is 3. The van der Waals surface area contributed by atoms with Crippen molar-refractivity contribution in [2.75, 3.05) is 32.2 Å². The summed E-state index contributed by atoms with van der Waals surface area (Å²) in [4.78, 5) is 35.9. The quantitative estimate of drug-likeness (QED) is 0.639. The molecule has 0 aliphatic carbocycles. The van der Waals surface area contributed by atoms with Gasteiger partial charge in [-0.3, -0.25) is 9.59 Å². The van der Waals surface area contributed by atoms with Crippen molar-refractivity contribution in [3.05, 3.63) is 54.1 Å². The fraction of sp³-hybridized carbons (Fsp3) is 0.250. The molecule has 0 aliphatic heterocycles. The number of esters is 1. The van der Waals surface area contributed by atoms with Crippen molar-refractivity contribution < 1.29 is 28.6 Å². The Labute approximate surface area is 162 Å². The number of hydrogen-bond donors (Lipinski definition) is 2. The summed E-state index contributed by atoms with van der Waals surface area (Å²) >= 11 is 0. The van der Waals surface area contributed by atoms with Gasteiger partial charge in [0.15, 0.2) is 18.1 Å². The lowest BCUT2D eigenvalue weighted by molar-refractivity contribution is -0.125. The van der Waals surface area contributed by atoms with Gasteiger partial charge in [-0.15, -0.1) is 0 Å². The molecule has 0 radical (unpaired) electrons. The molecule has 148 valence electrons. The Morgan fingerprint density at radius 3 is 2.32 bits per heavy atom. The Bertz CT molecular complexity index is 837. The molecule has 0 aromatic heterocycles. The fourth-order valence-corrected chi connectivity index (χ4v) is 2.28. The number of para-hydroxylation sites is 3. The number of benzene rings is 2. The summed E-state index contributed by atoms with van der Waals surface area (Å²) in [5.74, 6) is -0.564. The number of methoxy groups -OCH3 is 1. The molecule has 0 spiro atoms. The molecule has 0 saturated heterocycles. The molecule has 0 aliphatic rings. The van der Waals surface area contributed by atoms with Crippen LogP contribution in [0.4, 0.5) is 5.69 Å². The Kier molecular flexibility index (Phi) is 7.83. The first-order chi connectivity index (χ1) is 13.5. The third-order valence-corrected chi connectivity index (χ3v) is 3.57. The molecule has 28 heavy (non-hydrogen) atoms. The summed E-state index contributed by atoms with van der Waals surface area (Å²) in [6, 6.07) is 13.4. The first kappa shape index (κ1) is 20.8. The minimum atomic E-state index is -0.535. The zero-order chi connectivity index (χ0) is 20.4. The number of ether oxygens (including phenoxy) is 3. The van der Waals surface area contributed by atoms with Crippen LogP contribution >= 0.6 is 0 Å². The van der Waals surface area contributed by atoms with Gasteiger partial charge in [0.25, 0.3) is 5.91 Å². The van der Waals surface area contributed by atoms with E-state index in [1.807, 2.05) is 0 Å². The van der Waals surface area contributed by atoms with E-state index in [1.54, 1.807) is 55.5 Å². The van der Waals surface area contributed by atoms with E-state index in [-0.39, 0.29) is 25.3 Å². The molecular formula is C20H22N2O6. The van der Waals surface area contributed by atoms with Crippen molar-refractivity contribution in [3.8, 4) is 11.5 Å². The second-order valence-electron chi connectivity index (χ2n) is 5.53. The van der Waals surface area contributed by atoms with Gasteiger partial charge in [-0.2, -0.15) is 0 Å². The van der Waals surface area contributed by atoms with Gasteiger partial charge in [-0.1, -0.05) is 24.3 Å². The number of amides is 2. The zero-order valence-electron chi connectivity index (χ0n) is 15.7. The normalized spacial score (nSPS) is 9.93. The summed E-state index contributed by atoms with van der Waals surface area (Å²) in [5, 5.41) is 5.03. The van der Waals surface area contributed by atoms with Crippen LogP contribution in [0.15, 0.2) is 48.5 Å². The van der Waals surface area contributed by atoms with Crippen LogP contribution in [0.5, 0.6) is 11.5 Å². The number of rotatable bonds is 9. The van der Waals surface area contributed by atoms with Crippen molar-refractivity contribution in [3.63, 3.8) is 0 Å². The summed E-state index contributed by atoms with van der Waals surface area (Å²) in [5.41, 5.74) is 0.550. The summed E-state index contributed by atoms with van der Waals surface area (Å²) in [7, 11) is 1.50. The van der Waals surface area contributed by atoms with Crippen LogP contribution in [0.3, 0.4) is 0 Å². The van der Waals surface area contributed by atoms with Gasteiger partial charge in [-0.05, 0) is 31.2 Å². The van der Waals surface area contributed by atoms with Crippen LogP contribution in [0.2, 0.25) is 0 Å². The predicted octanol–water partition coefficient (Wildman–Crippen LogP) is 2.01. The van der Waals surface area contributed by atoms with E-state index in [9.17, 15) is 14.4 Å². The van der Waals surface area contributed by atoms with E-state index in [4.69, 9.17) is 14.2 Å². The molecule has 8 nitrogen and oxygen atoms in total. The third-order valence-electron chi connectivity index (χ3n) is 3.57. The summed E-state index contributed by atoms with van der Waals surface area (Å²) in [6.45, 7) is 1.38. The lowest BCUT2D eigenvalue weighted by Gasteiger charge is -2.12. The molecule has 0 heterocycles. The highest BCUT2D eigenvalue weighted by atomic mass is 16.5. The van der Waals surface area contributed by atoms with Gasteiger partial charge in [0, 0.05) is 0 Å². The Morgan fingerprint density at radius 2 is 1.61 bits per heavy atom. The van der Waals surface area contributed by atoms with E-state index < -0.39 is 17.8 Å². The van der Waals surface area contributed by atoms with E-state index >= 15 is 0 Å². The minimum absolute atomic E-state index is 0.226. The van der Waals surface area contributed by atoms with Gasteiger partial charge in [0.05, 0.1) is 31.5 Å². The van der Waals surface area contributed by atoms with Gasteiger partial charge >= 0.3 is 5.97 Å². The van der Waals surface area contributed by atoms with Gasteiger partial charge in [0.2, 0.25) is 5.91 Å². The molecule has 8 heteroatoms. The molecule has 0 bridgehead atoms. The predicted molar refractivity (Wildman–Crippen MR) is 103 cm³/mol. The molecule has 0 saturated carbocycles. The number of nitrogens with one attached hydrogen (secondary N) is 2. The second kappa shape index (κ2) is 10.6. The molecule has 2 aromatic carbocycles. The largest absolute Gasteiger partial charge is 0.493 e. The average Bonchev–Trinajstić information content (AvgIpc) is 2.71. The highest BCUT2D eigenvalue weighted by Gasteiger charge is 2.14. The SMILES string of the molecule is CCOC(=O)c1ccccc1NC(=O)CNC(=O)COc1ccccc1OC. The number of anilines is 1. The van der Waals surface area contributed by atoms with Crippen LogP contribution in [0.1, 0.15) is 17.3 Å². The minimum Gasteiger partial charge on any atom is -0.493 e. The maximum absolute atomic E-state index is 12.1. The molecule has 2 amide bonds. The highest BCUT2D eigenvalue weighted by Crippen LogP contribution is 2.25.